The zero-order chi connectivity index (χ0) is 10.1. The van der Waals surface area contributed by atoms with Crippen molar-refractivity contribution in [2.45, 2.75) is 46.0 Å². The SMILES string of the molecule is C=CN(CCCCC)C(=O)CCC. The van der Waals surface area contributed by atoms with Crippen LogP contribution in [-0.2, 0) is 4.79 Å². The maximum Gasteiger partial charge on any atom is 0.226 e. The lowest BCUT2D eigenvalue weighted by Crippen LogP contribution is -2.25. The molecule has 0 bridgehead atoms. The quantitative estimate of drug-likeness (QED) is 0.556. The summed E-state index contributed by atoms with van der Waals surface area (Å²) < 4.78 is 0. The number of amides is 1. The van der Waals surface area contributed by atoms with E-state index in [1.807, 2.05) is 6.92 Å². The number of hydrogen-bond donors (Lipinski definition) is 0. The first-order chi connectivity index (χ1) is 6.26. The van der Waals surface area contributed by atoms with Gasteiger partial charge in [0.15, 0.2) is 0 Å². The minimum Gasteiger partial charge on any atom is -0.320 e. The zero-order valence-electron chi connectivity index (χ0n) is 8.88. The van der Waals surface area contributed by atoms with Gasteiger partial charge in [-0.3, -0.25) is 4.79 Å². The molecule has 0 N–H and O–H groups in total. The minimum absolute atomic E-state index is 0.202. The van der Waals surface area contributed by atoms with E-state index in [0.717, 1.165) is 19.4 Å². The Hall–Kier alpha value is -0.790. The Morgan fingerprint density at radius 2 is 2.00 bits per heavy atom. The summed E-state index contributed by atoms with van der Waals surface area (Å²) in [6, 6.07) is 0. The topological polar surface area (TPSA) is 20.3 Å². The number of rotatable bonds is 7. The number of unbranched alkanes of at least 4 members (excludes halogenated alkanes) is 2. The molecule has 0 saturated heterocycles. The smallest absolute Gasteiger partial charge is 0.226 e. The van der Waals surface area contributed by atoms with Crippen LogP contribution in [0.2, 0.25) is 0 Å². The highest BCUT2D eigenvalue weighted by Crippen LogP contribution is 2.02. The Morgan fingerprint density at radius 1 is 1.31 bits per heavy atom. The van der Waals surface area contributed by atoms with E-state index in [4.69, 9.17) is 0 Å². The summed E-state index contributed by atoms with van der Waals surface area (Å²) in [5.41, 5.74) is 0. The first-order valence-corrected chi connectivity index (χ1v) is 5.18. The molecular weight excluding hydrogens is 162 g/mol. The number of hydrogen-bond acceptors (Lipinski definition) is 1. The fraction of sp³-hybridized carbons (Fsp3) is 0.727. The lowest BCUT2D eigenvalue weighted by Gasteiger charge is -2.17. The van der Waals surface area contributed by atoms with E-state index in [1.165, 1.54) is 12.8 Å². The van der Waals surface area contributed by atoms with E-state index in [2.05, 4.69) is 13.5 Å². The van der Waals surface area contributed by atoms with E-state index in [9.17, 15) is 4.79 Å². The molecule has 0 aliphatic carbocycles. The molecule has 0 fully saturated rings. The van der Waals surface area contributed by atoms with Crippen LogP contribution in [0.3, 0.4) is 0 Å². The molecule has 0 radical (unpaired) electrons. The molecule has 1 amide bonds. The molecule has 0 saturated carbocycles. The molecule has 0 aliphatic rings. The summed E-state index contributed by atoms with van der Waals surface area (Å²) >= 11 is 0. The van der Waals surface area contributed by atoms with Crippen molar-refractivity contribution in [2.75, 3.05) is 6.54 Å². The second-order valence-corrected chi connectivity index (χ2v) is 3.23. The monoisotopic (exact) mass is 183 g/mol. The van der Waals surface area contributed by atoms with E-state index in [-0.39, 0.29) is 5.91 Å². The van der Waals surface area contributed by atoms with Gasteiger partial charge in [-0.15, -0.1) is 0 Å². The van der Waals surface area contributed by atoms with Crippen LogP contribution in [-0.4, -0.2) is 17.4 Å². The van der Waals surface area contributed by atoms with E-state index in [1.54, 1.807) is 11.1 Å². The van der Waals surface area contributed by atoms with Crippen molar-refractivity contribution in [2.24, 2.45) is 0 Å². The average molecular weight is 183 g/mol. The molecule has 0 aromatic rings. The summed E-state index contributed by atoms with van der Waals surface area (Å²) in [6.07, 6.45) is 6.65. The van der Waals surface area contributed by atoms with Crippen molar-refractivity contribution in [3.8, 4) is 0 Å². The van der Waals surface area contributed by atoms with Gasteiger partial charge >= 0.3 is 0 Å². The molecule has 0 heterocycles. The summed E-state index contributed by atoms with van der Waals surface area (Å²) in [4.78, 5) is 13.2. The Labute approximate surface area is 81.6 Å². The van der Waals surface area contributed by atoms with E-state index in [0.29, 0.717) is 6.42 Å². The third-order valence-corrected chi connectivity index (χ3v) is 2.01. The molecule has 0 atom stereocenters. The van der Waals surface area contributed by atoms with Crippen LogP contribution in [0.25, 0.3) is 0 Å². The van der Waals surface area contributed by atoms with Crippen LogP contribution in [0, 0.1) is 0 Å². The first-order valence-electron chi connectivity index (χ1n) is 5.18. The number of nitrogens with zero attached hydrogens (tertiary/aromatic N) is 1. The second-order valence-electron chi connectivity index (χ2n) is 3.23. The predicted molar refractivity (Wildman–Crippen MR) is 56.3 cm³/mol. The molecule has 2 heteroatoms. The van der Waals surface area contributed by atoms with Gasteiger partial charge in [-0.05, 0) is 19.0 Å². The largest absolute Gasteiger partial charge is 0.320 e. The van der Waals surface area contributed by atoms with Crippen molar-refractivity contribution >= 4 is 5.91 Å². The molecule has 0 aliphatic heterocycles. The minimum atomic E-state index is 0.202. The highest BCUT2D eigenvalue weighted by atomic mass is 16.2. The molecule has 13 heavy (non-hydrogen) atoms. The molecular formula is C11H21NO. The van der Waals surface area contributed by atoms with Gasteiger partial charge in [0.1, 0.15) is 0 Å². The van der Waals surface area contributed by atoms with Crippen LogP contribution in [0.5, 0.6) is 0 Å². The molecule has 0 aromatic carbocycles. The third-order valence-electron chi connectivity index (χ3n) is 2.01. The Morgan fingerprint density at radius 3 is 2.46 bits per heavy atom. The van der Waals surface area contributed by atoms with Gasteiger partial charge < -0.3 is 4.90 Å². The highest BCUT2D eigenvalue weighted by molar-refractivity contribution is 5.77. The van der Waals surface area contributed by atoms with E-state index < -0.39 is 0 Å². The maximum absolute atomic E-state index is 11.4. The molecule has 0 spiro atoms. The maximum atomic E-state index is 11.4. The lowest BCUT2D eigenvalue weighted by atomic mass is 10.2. The van der Waals surface area contributed by atoms with Crippen molar-refractivity contribution in [1.29, 1.82) is 0 Å². The van der Waals surface area contributed by atoms with Gasteiger partial charge in [0.05, 0.1) is 0 Å². The van der Waals surface area contributed by atoms with Crippen LogP contribution < -0.4 is 0 Å². The number of carbonyl (C=O) groups excluding carboxylic acids is 1. The van der Waals surface area contributed by atoms with Gasteiger partial charge in [-0.2, -0.15) is 0 Å². The van der Waals surface area contributed by atoms with Gasteiger partial charge in [-0.1, -0.05) is 33.3 Å². The third kappa shape index (κ3) is 5.45. The molecule has 2 nitrogen and oxygen atoms in total. The first kappa shape index (κ1) is 12.2. The molecule has 0 unspecified atom stereocenters. The zero-order valence-corrected chi connectivity index (χ0v) is 8.88. The molecule has 0 rings (SSSR count). The predicted octanol–water partition coefficient (Wildman–Crippen LogP) is 2.95. The normalized spacial score (nSPS) is 9.69. The fourth-order valence-electron chi connectivity index (χ4n) is 1.21. The Kier molecular flexibility index (Phi) is 7.36. The fourth-order valence-corrected chi connectivity index (χ4v) is 1.21. The van der Waals surface area contributed by atoms with Crippen LogP contribution >= 0.6 is 0 Å². The van der Waals surface area contributed by atoms with Gasteiger partial charge in [-0.25, -0.2) is 0 Å². The molecule has 76 valence electrons. The second kappa shape index (κ2) is 7.84. The molecule has 0 aromatic heterocycles. The lowest BCUT2D eigenvalue weighted by molar-refractivity contribution is -0.128. The van der Waals surface area contributed by atoms with Gasteiger partial charge in [0, 0.05) is 13.0 Å². The van der Waals surface area contributed by atoms with Crippen LogP contribution in [0.4, 0.5) is 0 Å². The summed E-state index contributed by atoms with van der Waals surface area (Å²) in [6.45, 7) is 8.66. The highest BCUT2D eigenvalue weighted by Gasteiger charge is 2.07. The van der Waals surface area contributed by atoms with Crippen molar-refractivity contribution < 1.29 is 4.79 Å². The van der Waals surface area contributed by atoms with Gasteiger partial charge in [0.25, 0.3) is 0 Å². The van der Waals surface area contributed by atoms with Gasteiger partial charge in [0.2, 0.25) is 5.91 Å². The Balaban J connectivity index is 3.73. The average Bonchev–Trinajstić information content (AvgIpc) is 2.13. The summed E-state index contributed by atoms with van der Waals surface area (Å²) in [7, 11) is 0. The Bertz CT molecular complexity index is 154. The number of carbonyl (C=O) groups is 1. The van der Waals surface area contributed by atoms with Crippen molar-refractivity contribution in [1.82, 2.24) is 4.90 Å². The van der Waals surface area contributed by atoms with Crippen LogP contribution in [0.15, 0.2) is 12.8 Å². The van der Waals surface area contributed by atoms with Crippen molar-refractivity contribution in [3.05, 3.63) is 12.8 Å². The standard InChI is InChI=1S/C11H21NO/c1-4-7-8-10-12(6-3)11(13)9-5-2/h6H,3-5,7-10H2,1-2H3. The van der Waals surface area contributed by atoms with Crippen LogP contribution in [0.1, 0.15) is 46.0 Å². The summed E-state index contributed by atoms with van der Waals surface area (Å²) in [5, 5.41) is 0. The van der Waals surface area contributed by atoms with E-state index >= 15 is 0 Å². The summed E-state index contributed by atoms with van der Waals surface area (Å²) in [5.74, 6) is 0.202. The van der Waals surface area contributed by atoms with Crippen molar-refractivity contribution in [3.63, 3.8) is 0 Å².